The average molecular weight is 216 g/mol. The number of hydrogen-bond donors (Lipinski definition) is 1. The van der Waals surface area contributed by atoms with Crippen LogP contribution < -0.4 is 0 Å². The fourth-order valence-electron chi connectivity index (χ4n) is 2.00. The van der Waals surface area contributed by atoms with Gasteiger partial charge in [0.25, 0.3) is 0 Å². The highest BCUT2D eigenvalue weighted by atomic mass is 16.3. The Balaban J connectivity index is 3.23. The molecule has 0 unspecified atom stereocenters. The van der Waals surface area contributed by atoms with Crippen molar-refractivity contribution in [2.45, 2.75) is 32.6 Å². The molecule has 0 aliphatic rings. The van der Waals surface area contributed by atoms with E-state index in [1.54, 1.807) is 6.07 Å². The zero-order valence-corrected chi connectivity index (χ0v) is 10.00. The van der Waals surface area contributed by atoms with E-state index in [4.69, 9.17) is 0 Å². The normalized spacial score (nSPS) is 10.1. The molecule has 0 aliphatic carbocycles. The highest BCUT2D eigenvalue weighted by Gasteiger charge is 2.10. The predicted molar refractivity (Wildman–Crippen MR) is 69.9 cm³/mol. The van der Waals surface area contributed by atoms with E-state index in [0.717, 1.165) is 24.8 Å². The Bertz CT molecular complexity index is 377. The molecule has 0 fully saturated rings. The Morgan fingerprint density at radius 1 is 1.12 bits per heavy atom. The monoisotopic (exact) mass is 216 g/mol. The Morgan fingerprint density at radius 2 is 1.75 bits per heavy atom. The van der Waals surface area contributed by atoms with Crippen LogP contribution in [0.5, 0.6) is 5.75 Å². The summed E-state index contributed by atoms with van der Waals surface area (Å²) in [7, 11) is 0. The standard InChI is InChI=1S/C15H20O/c1-4-7-12-10-11-15(16)14(9-6-3)13(12)8-5-2/h5-6,10-11,16H,2-4,7-9H2,1H3. The molecule has 0 heterocycles. The third-order valence-electron chi connectivity index (χ3n) is 2.72. The summed E-state index contributed by atoms with van der Waals surface area (Å²) in [6.07, 6.45) is 7.41. The van der Waals surface area contributed by atoms with Gasteiger partial charge < -0.3 is 5.11 Å². The third kappa shape index (κ3) is 2.75. The quantitative estimate of drug-likeness (QED) is 0.717. The number of phenols is 1. The first-order valence-electron chi connectivity index (χ1n) is 5.79. The van der Waals surface area contributed by atoms with Crippen molar-refractivity contribution in [1.29, 1.82) is 0 Å². The molecule has 0 aromatic heterocycles. The lowest BCUT2D eigenvalue weighted by Gasteiger charge is -2.14. The highest BCUT2D eigenvalue weighted by molar-refractivity contribution is 5.46. The minimum atomic E-state index is 0.372. The molecule has 1 heteroatoms. The predicted octanol–water partition coefficient (Wildman–Crippen LogP) is 3.80. The first kappa shape index (κ1) is 12.6. The summed E-state index contributed by atoms with van der Waals surface area (Å²) < 4.78 is 0. The number of phenolic OH excluding ortho intramolecular Hbond substituents is 1. The van der Waals surface area contributed by atoms with Gasteiger partial charge in [0.2, 0.25) is 0 Å². The molecule has 1 nitrogen and oxygen atoms in total. The van der Waals surface area contributed by atoms with Crippen LogP contribution in [-0.2, 0) is 19.3 Å². The lowest BCUT2D eigenvalue weighted by Crippen LogP contribution is -1.99. The minimum absolute atomic E-state index is 0.372. The zero-order chi connectivity index (χ0) is 12.0. The molecule has 0 saturated heterocycles. The van der Waals surface area contributed by atoms with Gasteiger partial charge in [0.1, 0.15) is 5.75 Å². The first-order valence-corrected chi connectivity index (χ1v) is 5.79. The zero-order valence-electron chi connectivity index (χ0n) is 10.00. The van der Waals surface area contributed by atoms with Gasteiger partial charge in [-0.05, 0) is 36.5 Å². The van der Waals surface area contributed by atoms with Crippen molar-refractivity contribution in [2.24, 2.45) is 0 Å². The van der Waals surface area contributed by atoms with Crippen LogP contribution >= 0.6 is 0 Å². The van der Waals surface area contributed by atoms with E-state index >= 15 is 0 Å². The molecule has 0 aliphatic heterocycles. The van der Waals surface area contributed by atoms with E-state index in [1.807, 2.05) is 18.2 Å². The average Bonchev–Trinajstić information content (AvgIpc) is 2.27. The van der Waals surface area contributed by atoms with Crippen molar-refractivity contribution in [1.82, 2.24) is 0 Å². The van der Waals surface area contributed by atoms with Gasteiger partial charge in [-0.2, -0.15) is 0 Å². The molecule has 16 heavy (non-hydrogen) atoms. The van der Waals surface area contributed by atoms with Crippen molar-refractivity contribution in [3.8, 4) is 5.75 Å². The maximum absolute atomic E-state index is 9.86. The molecule has 86 valence electrons. The Morgan fingerprint density at radius 3 is 2.31 bits per heavy atom. The smallest absolute Gasteiger partial charge is 0.119 e. The molecule has 0 radical (unpaired) electrons. The maximum atomic E-state index is 9.86. The highest BCUT2D eigenvalue weighted by Crippen LogP contribution is 2.27. The topological polar surface area (TPSA) is 20.2 Å². The molecule has 0 bridgehead atoms. The van der Waals surface area contributed by atoms with Gasteiger partial charge >= 0.3 is 0 Å². The van der Waals surface area contributed by atoms with Crippen LogP contribution in [0.1, 0.15) is 30.0 Å². The molecule has 1 aromatic carbocycles. The van der Waals surface area contributed by atoms with Crippen molar-refractivity contribution in [3.63, 3.8) is 0 Å². The van der Waals surface area contributed by atoms with Crippen LogP contribution in [0.25, 0.3) is 0 Å². The van der Waals surface area contributed by atoms with Crippen molar-refractivity contribution in [3.05, 3.63) is 54.1 Å². The maximum Gasteiger partial charge on any atom is 0.119 e. The fourth-order valence-corrected chi connectivity index (χ4v) is 2.00. The van der Waals surface area contributed by atoms with Crippen molar-refractivity contribution in [2.75, 3.05) is 0 Å². The van der Waals surface area contributed by atoms with E-state index in [9.17, 15) is 5.11 Å². The lowest BCUT2D eigenvalue weighted by molar-refractivity contribution is 0.468. The van der Waals surface area contributed by atoms with Gasteiger partial charge in [-0.15, -0.1) is 13.2 Å². The first-order chi connectivity index (χ1) is 7.74. The SMILES string of the molecule is C=CCc1c(O)ccc(CCC)c1CC=C. The summed E-state index contributed by atoms with van der Waals surface area (Å²) in [6.45, 7) is 9.68. The summed E-state index contributed by atoms with van der Waals surface area (Å²) in [4.78, 5) is 0. The van der Waals surface area contributed by atoms with Crippen LogP contribution in [0.15, 0.2) is 37.4 Å². The largest absolute Gasteiger partial charge is 0.508 e. The van der Waals surface area contributed by atoms with Gasteiger partial charge in [0.05, 0.1) is 0 Å². The molecule has 0 atom stereocenters. The third-order valence-corrected chi connectivity index (χ3v) is 2.72. The molecule has 1 N–H and O–H groups in total. The van der Waals surface area contributed by atoms with Gasteiger partial charge in [0, 0.05) is 5.56 Å². The van der Waals surface area contributed by atoms with Crippen molar-refractivity contribution < 1.29 is 5.11 Å². The number of allylic oxidation sites excluding steroid dienone is 2. The summed E-state index contributed by atoms with van der Waals surface area (Å²) in [5.41, 5.74) is 3.54. The fraction of sp³-hybridized carbons (Fsp3) is 0.333. The number of rotatable bonds is 6. The van der Waals surface area contributed by atoms with Crippen LogP contribution in [-0.4, -0.2) is 5.11 Å². The second kappa shape index (κ2) is 6.16. The van der Waals surface area contributed by atoms with E-state index < -0.39 is 0 Å². The van der Waals surface area contributed by atoms with Crippen molar-refractivity contribution >= 4 is 0 Å². The van der Waals surface area contributed by atoms with Gasteiger partial charge in [0.15, 0.2) is 0 Å². The van der Waals surface area contributed by atoms with Crippen LogP contribution in [0.4, 0.5) is 0 Å². The number of hydrogen-bond acceptors (Lipinski definition) is 1. The van der Waals surface area contributed by atoms with Crippen LogP contribution in [0.3, 0.4) is 0 Å². The van der Waals surface area contributed by atoms with Crippen LogP contribution in [0, 0.1) is 0 Å². The molecule has 1 rings (SSSR count). The summed E-state index contributed by atoms with van der Waals surface area (Å²) in [5.74, 6) is 0.372. The van der Waals surface area contributed by atoms with Gasteiger partial charge in [-0.25, -0.2) is 0 Å². The Labute approximate surface area is 98.1 Å². The lowest BCUT2D eigenvalue weighted by atomic mass is 9.93. The van der Waals surface area contributed by atoms with E-state index in [0.29, 0.717) is 12.2 Å². The summed E-state index contributed by atoms with van der Waals surface area (Å²) in [5, 5.41) is 9.86. The Hall–Kier alpha value is -1.50. The number of benzene rings is 1. The molecule has 1 aromatic rings. The molecule has 0 spiro atoms. The van der Waals surface area contributed by atoms with Gasteiger partial charge in [-0.3, -0.25) is 0 Å². The summed E-state index contributed by atoms with van der Waals surface area (Å²) in [6, 6.07) is 3.81. The minimum Gasteiger partial charge on any atom is -0.508 e. The number of aryl methyl sites for hydroxylation is 1. The molecule has 0 saturated carbocycles. The second-order valence-corrected chi connectivity index (χ2v) is 3.94. The molecular formula is C15H20O. The molecule has 0 amide bonds. The second-order valence-electron chi connectivity index (χ2n) is 3.94. The van der Waals surface area contributed by atoms with E-state index in [1.165, 1.54) is 11.1 Å². The van der Waals surface area contributed by atoms with Gasteiger partial charge in [-0.1, -0.05) is 31.6 Å². The van der Waals surface area contributed by atoms with Crippen LogP contribution in [0.2, 0.25) is 0 Å². The summed E-state index contributed by atoms with van der Waals surface area (Å²) >= 11 is 0. The Kier molecular flexibility index (Phi) is 4.84. The molecular weight excluding hydrogens is 196 g/mol. The van der Waals surface area contributed by atoms with E-state index in [-0.39, 0.29) is 0 Å². The van der Waals surface area contributed by atoms with E-state index in [2.05, 4.69) is 20.1 Å². The number of aromatic hydroxyl groups is 1.